The van der Waals surface area contributed by atoms with Gasteiger partial charge in [0, 0.05) is 18.1 Å². The van der Waals surface area contributed by atoms with Gasteiger partial charge in [-0.1, -0.05) is 23.2 Å². The van der Waals surface area contributed by atoms with Gasteiger partial charge in [0.25, 0.3) is 5.91 Å². The van der Waals surface area contributed by atoms with Gasteiger partial charge in [0.05, 0.1) is 21.3 Å². The van der Waals surface area contributed by atoms with Gasteiger partial charge in [-0.15, -0.1) is 0 Å². The van der Waals surface area contributed by atoms with Gasteiger partial charge in [0.15, 0.2) is 0 Å². The zero-order valence-electron chi connectivity index (χ0n) is 9.45. The monoisotopic (exact) mass is 299 g/mol. The summed E-state index contributed by atoms with van der Waals surface area (Å²) in [6.45, 7) is 0. The number of rotatable bonds is 2. The highest BCUT2D eigenvalue weighted by Crippen LogP contribution is 2.31. The van der Waals surface area contributed by atoms with Crippen molar-refractivity contribution in [3.63, 3.8) is 0 Å². The molecule has 0 aliphatic carbocycles. The summed E-state index contributed by atoms with van der Waals surface area (Å²) < 4.78 is 13.0. The standard InChI is InChI=1S/C12H8Cl2FN3O/c13-8-3-6(15)4-9(14)11(8)18-12(19)7-5-17-2-1-10(7)16/h1-5H,(H2,16,17)(H,18,19). The van der Waals surface area contributed by atoms with Crippen LogP contribution in [0.4, 0.5) is 15.8 Å². The summed E-state index contributed by atoms with van der Waals surface area (Å²) in [5, 5.41) is 2.47. The number of nitrogens with two attached hydrogens (primary N) is 1. The maximum atomic E-state index is 13.0. The maximum absolute atomic E-state index is 13.0. The molecule has 1 amide bonds. The van der Waals surface area contributed by atoms with E-state index in [0.29, 0.717) is 0 Å². The minimum absolute atomic E-state index is 0.000752. The van der Waals surface area contributed by atoms with Crippen LogP contribution >= 0.6 is 23.2 Å². The van der Waals surface area contributed by atoms with Gasteiger partial charge < -0.3 is 11.1 Å². The van der Waals surface area contributed by atoms with Crippen LogP contribution in [-0.4, -0.2) is 10.9 Å². The predicted octanol–water partition coefficient (Wildman–Crippen LogP) is 3.36. The second kappa shape index (κ2) is 5.42. The van der Waals surface area contributed by atoms with Crippen molar-refractivity contribution < 1.29 is 9.18 Å². The average molecular weight is 300 g/mol. The van der Waals surface area contributed by atoms with Crippen molar-refractivity contribution in [1.29, 1.82) is 0 Å². The number of benzene rings is 1. The maximum Gasteiger partial charge on any atom is 0.259 e. The fourth-order valence-corrected chi connectivity index (χ4v) is 1.99. The first-order chi connectivity index (χ1) is 8.99. The fourth-order valence-electron chi connectivity index (χ4n) is 1.44. The van der Waals surface area contributed by atoms with E-state index in [1.54, 1.807) is 0 Å². The molecule has 0 aliphatic rings. The topological polar surface area (TPSA) is 68.0 Å². The molecule has 4 nitrogen and oxygen atoms in total. The molecular weight excluding hydrogens is 292 g/mol. The van der Waals surface area contributed by atoms with Gasteiger partial charge in [0.2, 0.25) is 0 Å². The minimum atomic E-state index is -0.589. The summed E-state index contributed by atoms with van der Waals surface area (Å²) in [6, 6.07) is 3.59. The lowest BCUT2D eigenvalue weighted by Gasteiger charge is -2.10. The molecule has 1 aromatic carbocycles. The molecule has 2 rings (SSSR count). The van der Waals surface area contributed by atoms with E-state index in [1.165, 1.54) is 18.5 Å². The van der Waals surface area contributed by atoms with Crippen LogP contribution in [0.25, 0.3) is 0 Å². The highest BCUT2D eigenvalue weighted by Gasteiger charge is 2.15. The van der Waals surface area contributed by atoms with Crippen molar-refractivity contribution in [2.24, 2.45) is 0 Å². The molecule has 0 atom stereocenters. The highest BCUT2D eigenvalue weighted by atomic mass is 35.5. The second-order valence-electron chi connectivity index (χ2n) is 3.66. The van der Waals surface area contributed by atoms with Crippen molar-refractivity contribution in [1.82, 2.24) is 4.98 Å². The lowest BCUT2D eigenvalue weighted by atomic mass is 10.2. The van der Waals surface area contributed by atoms with Crippen LogP contribution in [0.1, 0.15) is 10.4 Å². The number of hydrogen-bond acceptors (Lipinski definition) is 3. The van der Waals surface area contributed by atoms with Gasteiger partial charge >= 0.3 is 0 Å². The van der Waals surface area contributed by atoms with E-state index in [1.807, 2.05) is 0 Å². The van der Waals surface area contributed by atoms with Gasteiger partial charge in [-0.2, -0.15) is 0 Å². The number of nitrogens with zero attached hydrogens (tertiary/aromatic N) is 1. The van der Waals surface area contributed by atoms with Crippen LogP contribution in [0.5, 0.6) is 0 Å². The molecule has 0 aliphatic heterocycles. The number of halogens is 3. The van der Waals surface area contributed by atoms with Crippen LogP contribution in [0.2, 0.25) is 10.0 Å². The first kappa shape index (κ1) is 13.6. The van der Waals surface area contributed by atoms with Crippen LogP contribution in [-0.2, 0) is 0 Å². The molecule has 1 heterocycles. The Labute approximate surface area is 118 Å². The average Bonchev–Trinajstić information content (AvgIpc) is 2.34. The SMILES string of the molecule is Nc1ccncc1C(=O)Nc1c(Cl)cc(F)cc1Cl. The van der Waals surface area contributed by atoms with Gasteiger partial charge in [0.1, 0.15) is 5.82 Å². The number of anilines is 2. The quantitative estimate of drug-likeness (QED) is 0.893. The summed E-state index contributed by atoms with van der Waals surface area (Å²) in [7, 11) is 0. The van der Waals surface area contributed by atoms with E-state index < -0.39 is 11.7 Å². The smallest absolute Gasteiger partial charge is 0.259 e. The van der Waals surface area contributed by atoms with Crippen molar-refractivity contribution in [3.8, 4) is 0 Å². The number of nitrogens with one attached hydrogen (secondary N) is 1. The molecule has 0 unspecified atom stereocenters. The van der Waals surface area contributed by atoms with E-state index in [2.05, 4.69) is 10.3 Å². The zero-order chi connectivity index (χ0) is 14.0. The number of aromatic nitrogens is 1. The molecule has 1 aromatic heterocycles. The summed E-state index contributed by atoms with van der Waals surface area (Å²) in [6.07, 6.45) is 2.78. The van der Waals surface area contributed by atoms with Gasteiger partial charge in [-0.3, -0.25) is 9.78 Å². The first-order valence-electron chi connectivity index (χ1n) is 5.14. The van der Waals surface area contributed by atoms with E-state index in [0.717, 1.165) is 12.1 Å². The second-order valence-corrected chi connectivity index (χ2v) is 4.48. The van der Waals surface area contributed by atoms with Crippen molar-refractivity contribution >= 4 is 40.5 Å². The van der Waals surface area contributed by atoms with Crippen LogP contribution < -0.4 is 11.1 Å². The van der Waals surface area contributed by atoms with E-state index in [-0.39, 0.29) is 27.0 Å². The number of hydrogen-bond donors (Lipinski definition) is 2. The van der Waals surface area contributed by atoms with Gasteiger partial charge in [-0.25, -0.2) is 4.39 Å². The predicted molar refractivity (Wildman–Crippen MR) is 73.0 cm³/mol. The molecule has 7 heteroatoms. The number of nitrogen functional groups attached to an aromatic ring is 1. The number of pyridine rings is 1. The molecular formula is C12H8Cl2FN3O. The van der Waals surface area contributed by atoms with Crippen molar-refractivity contribution in [2.75, 3.05) is 11.1 Å². The Morgan fingerprint density at radius 3 is 2.53 bits per heavy atom. The summed E-state index contributed by atoms with van der Waals surface area (Å²) in [4.78, 5) is 15.8. The number of carbonyl (C=O) groups excluding carboxylic acids is 1. The normalized spacial score (nSPS) is 10.3. The van der Waals surface area contributed by atoms with E-state index in [4.69, 9.17) is 28.9 Å². The van der Waals surface area contributed by atoms with Crippen molar-refractivity contribution in [3.05, 3.63) is 52.0 Å². The Morgan fingerprint density at radius 2 is 1.95 bits per heavy atom. The van der Waals surface area contributed by atoms with Crippen molar-refractivity contribution in [2.45, 2.75) is 0 Å². The lowest BCUT2D eigenvalue weighted by Crippen LogP contribution is -2.15. The Kier molecular flexibility index (Phi) is 3.87. The van der Waals surface area contributed by atoms with E-state index >= 15 is 0 Å². The van der Waals surface area contributed by atoms with E-state index in [9.17, 15) is 9.18 Å². The number of carbonyl (C=O) groups is 1. The van der Waals surface area contributed by atoms with Crippen LogP contribution in [0.3, 0.4) is 0 Å². The molecule has 0 saturated carbocycles. The largest absolute Gasteiger partial charge is 0.398 e. The summed E-state index contributed by atoms with van der Waals surface area (Å²) in [5.74, 6) is -1.12. The summed E-state index contributed by atoms with van der Waals surface area (Å²) in [5.41, 5.74) is 6.22. The van der Waals surface area contributed by atoms with Crippen LogP contribution in [0.15, 0.2) is 30.6 Å². The minimum Gasteiger partial charge on any atom is -0.398 e. The third-order valence-corrected chi connectivity index (χ3v) is 2.94. The molecule has 0 spiro atoms. The molecule has 98 valence electrons. The molecule has 19 heavy (non-hydrogen) atoms. The third kappa shape index (κ3) is 2.94. The molecule has 0 bridgehead atoms. The molecule has 3 N–H and O–H groups in total. The molecule has 2 aromatic rings. The Balaban J connectivity index is 2.32. The Bertz CT molecular complexity index is 626. The molecule has 0 fully saturated rings. The molecule has 0 radical (unpaired) electrons. The number of amides is 1. The molecule has 0 saturated heterocycles. The fraction of sp³-hybridized carbons (Fsp3) is 0. The lowest BCUT2D eigenvalue weighted by molar-refractivity contribution is 0.102. The Hall–Kier alpha value is -1.85. The highest BCUT2D eigenvalue weighted by molar-refractivity contribution is 6.40. The summed E-state index contributed by atoms with van der Waals surface area (Å²) >= 11 is 11.6. The third-order valence-electron chi connectivity index (χ3n) is 2.34. The zero-order valence-corrected chi connectivity index (χ0v) is 11.0. The van der Waals surface area contributed by atoms with Gasteiger partial charge in [-0.05, 0) is 18.2 Å². The van der Waals surface area contributed by atoms with Crippen LogP contribution in [0, 0.1) is 5.82 Å². The first-order valence-corrected chi connectivity index (χ1v) is 5.90. The Morgan fingerprint density at radius 1 is 1.32 bits per heavy atom.